The van der Waals surface area contributed by atoms with Crippen LogP contribution in [0.1, 0.15) is 24.8 Å². The van der Waals surface area contributed by atoms with E-state index in [2.05, 4.69) is 10.2 Å². The molecule has 2 fully saturated rings. The van der Waals surface area contributed by atoms with Crippen molar-refractivity contribution < 1.29 is 8.78 Å². The minimum Gasteiger partial charge on any atom is -0.312 e. The second-order valence-corrected chi connectivity index (χ2v) is 5.62. The number of fused-ring (bicyclic) bond motifs is 1. The molecule has 0 aromatic heterocycles. The lowest BCUT2D eigenvalue weighted by Gasteiger charge is -2.21. The van der Waals surface area contributed by atoms with E-state index >= 15 is 0 Å². The standard InChI is InChI=1S/C15H20F2N2/c16-12-8-11(9-13(17)10-12)3-5-18-14-4-7-19-6-1-2-15(14)19/h8-10,14-15,18H,1-7H2. The van der Waals surface area contributed by atoms with Crippen LogP contribution in [0.25, 0.3) is 0 Å². The Morgan fingerprint density at radius 2 is 1.89 bits per heavy atom. The molecule has 0 aliphatic carbocycles. The Morgan fingerprint density at radius 1 is 1.11 bits per heavy atom. The van der Waals surface area contributed by atoms with E-state index in [4.69, 9.17) is 0 Å². The summed E-state index contributed by atoms with van der Waals surface area (Å²) in [6.07, 6.45) is 4.46. The van der Waals surface area contributed by atoms with Crippen LogP contribution >= 0.6 is 0 Å². The van der Waals surface area contributed by atoms with Crippen LogP contribution in [0.3, 0.4) is 0 Å². The van der Waals surface area contributed by atoms with E-state index in [0.29, 0.717) is 18.5 Å². The number of nitrogens with zero attached hydrogens (tertiary/aromatic N) is 1. The van der Waals surface area contributed by atoms with Crippen LogP contribution in [-0.4, -0.2) is 36.6 Å². The Morgan fingerprint density at radius 3 is 2.68 bits per heavy atom. The molecule has 2 unspecified atom stereocenters. The molecule has 4 heteroatoms. The van der Waals surface area contributed by atoms with Crippen molar-refractivity contribution in [2.45, 2.75) is 37.8 Å². The minimum absolute atomic E-state index is 0.488. The van der Waals surface area contributed by atoms with Crippen molar-refractivity contribution in [1.29, 1.82) is 0 Å². The van der Waals surface area contributed by atoms with Gasteiger partial charge < -0.3 is 5.32 Å². The number of benzene rings is 1. The van der Waals surface area contributed by atoms with Crippen LogP contribution in [0.4, 0.5) is 8.78 Å². The van der Waals surface area contributed by atoms with Gasteiger partial charge in [0, 0.05) is 24.7 Å². The van der Waals surface area contributed by atoms with Gasteiger partial charge in [0.15, 0.2) is 0 Å². The number of nitrogens with one attached hydrogen (secondary N) is 1. The molecule has 0 amide bonds. The van der Waals surface area contributed by atoms with Crippen molar-refractivity contribution in [3.05, 3.63) is 35.4 Å². The van der Waals surface area contributed by atoms with Crippen LogP contribution in [0.2, 0.25) is 0 Å². The van der Waals surface area contributed by atoms with E-state index < -0.39 is 11.6 Å². The third-order valence-corrected chi connectivity index (χ3v) is 4.35. The van der Waals surface area contributed by atoms with Gasteiger partial charge in [0.05, 0.1) is 0 Å². The zero-order valence-electron chi connectivity index (χ0n) is 11.0. The molecule has 0 radical (unpaired) electrons. The van der Waals surface area contributed by atoms with Gasteiger partial charge in [-0.2, -0.15) is 0 Å². The average molecular weight is 266 g/mol. The zero-order chi connectivity index (χ0) is 13.2. The lowest BCUT2D eigenvalue weighted by molar-refractivity contribution is 0.299. The fourth-order valence-corrected chi connectivity index (χ4v) is 3.48. The molecule has 1 aromatic carbocycles. The summed E-state index contributed by atoms with van der Waals surface area (Å²) >= 11 is 0. The predicted molar refractivity (Wildman–Crippen MR) is 71.1 cm³/mol. The quantitative estimate of drug-likeness (QED) is 0.900. The van der Waals surface area contributed by atoms with Crippen LogP contribution in [0, 0.1) is 11.6 Å². The van der Waals surface area contributed by atoms with E-state index in [1.54, 1.807) is 0 Å². The Labute approximate surface area is 112 Å². The van der Waals surface area contributed by atoms with Gasteiger partial charge in [-0.15, -0.1) is 0 Å². The van der Waals surface area contributed by atoms with Crippen LogP contribution in [-0.2, 0) is 6.42 Å². The highest BCUT2D eigenvalue weighted by molar-refractivity contribution is 5.18. The smallest absolute Gasteiger partial charge is 0.126 e. The molecule has 0 saturated carbocycles. The number of rotatable bonds is 4. The molecule has 0 spiro atoms. The Bertz CT molecular complexity index is 430. The highest BCUT2D eigenvalue weighted by Crippen LogP contribution is 2.27. The summed E-state index contributed by atoms with van der Waals surface area (Å²) in [6.45, 7) is 3.22. The van der Waals surface area contributed by atoms with Crippen LogP contribution < -0.4 is 5.32 Å². The molecular weight excluding hydrogens is 246 g/mol. The van der Waals surface area contributed by atoms with Crippen molar-refractivity contribution in [2.75, 3.05) is 19.6 Å². The van der Waals surface area contributed by atoms with E-state index in [9.17, 15) is 8.78 Å². The fraction of sp³-hybridized carbons (Fsp3) is 0.600. The van der Waals surface area contributed by atoms with Gasteiger partial charge in [-0.3, -0.25) is 4.90 Å². The summed E-state index contributed by atoms with van der Waals surface area (Å²) < 4.78 is 26.1. The van der Waals surface area contributed by atoms with E-state index in [0.717, 1.165) is 18.2 Å². The SMILES string of the molecule is Fc1cc(F)cc(CCNC2CCN3CCCC23)c1. The number of hydrogen-bond acceptors (Lipinski definition) is 2. The molecular formula is C15H20F2N2. The first-order chi connectivity index (χ1) is 9.22. The molecule has 19 heavy (non-hydrogen) atoms. The minimum atomic E-state index is -0.488. The fourth-order valence-electron chi connectivity index (χ4n) is 3.48. The summed E-state index contributed by atoms with van der Waals surface area (Å²) in [4.78, 5) is 2.56. The molecule has 3 rings (SSSR count). The molecule has 104 valence electrons. The summed E-state index contributed by atoms with van der Waals surface area (Å²) in [7, 11) is 0. The second-order valence-electron chi connectivity index (χ2n) is 5.62. The zero-order valence-corrected chi connectivity index (χ0v) is 11.0. The molecule has 2 aliphatic heterocycles. The monoisotopic (exact) mass is 266 g/mol. The van der Waals surface area contributed by atoms with Crippen LogP contribution in [0.5, 0.6) is 0 Å². The van der Waals surface area contributed by atoms with Crippen LogP contribution in [0.15, 0.2) is 18.2 Å². The Kier molecular flexibility index (Phi) is 3.80. The molecule has 1 aromatic rings. The molecule has 1 N–H and O–H groups in total. The topological polar surface area (TPSA) is 15.3 Å². The Balaban J connectivity index is 1.50. The van der Waals surface area contributed by atoms with E-state index in [1.807, 2.05) is 0 Å². The summed E-state index contributed by atoms with van der Waals surface area (Å²) in [5.41, 5.74) is 0.728. The van der Waals surface area contributed by atoms with Gasteiger partial charge >= 0.3 is 0 Å². The number of halogens is 2. The summed E-state index contributed by atoms with van der Waals surface area (Å²) in [5, 5.41) is 3.55. The first-order valence-electron chi connectivity index (χ1n) is 7.15. The van der Waals surface area contributed by atoms with Gasteiger partial charge in [0.2, 0.25) is 0 Å². The van der Waals surface area contributed by atoms with Crippen molar-refractivity contribution in [1.82, 2.24) is 10.2 Å². The highest BCUT2D eigenvalue weighted by atomic mass is 19.1. The van der Waals surface area contributed by atoms with Crippen molar-refractivity contribution >= 4 is 0 Å². The van der Waals surface area contributed by atoms with Gasteiger partial charge in [0.25, 0.3) is 0 Å². The first-order valence-corrected chi connectivity index (χ1v) is 7.15. The molecule has 2 nitrogen and oxygen atoms in total. The summed E-state index contributed by atoms with van der Waals surface area (Å²) in [6, 6.07) is 5.00. The molecule has 2 aliphatic rings. The van der Waals surface area contributed by atoms with Gasteiger partial charge in [-0.05, 0) is 56.5 Å². The average Bonchev–Trinajstić information content (AvgIpc) is 2.92. The third-order valence-electron chi connectivity index (χ3n) is 4.35. The highest BCUT2D eigenvalue weighted by Gasteiger charge is 2.36. The number of hydrogen-bond donors (Lipinski definition) is 1. The maximum absolute atomic E-state index is 13.1. The molecule has 2 heterocycles. The molecule has 2 atom stereocenters. The largest absolute Gasteiger partial charge is 0.312 e. The predicted octanol–water partition coefficient (Wildman–Crippen LogP) is 2.33. The van der Waals surface area contributed by atoms with Gasteiger partial charge in [-0.1, -0.05) is 0 Å². The third kappa shape index (κ3) is 2.95. The summed E-state index contributed by atoms with van der Waals surface area (Å²) in [5.74, 6) is -0.976. The maximum Gasteiger partial charge on any atom is 0.126 e. The van der Waals surface area contributed by atoms with E-state index in [1.165, 1.54) is 44.5 Å². The van der Waals surface area contributed by atoms with Gasteiger partial charge in [-0.25, -0.2) is 8.78 Å². The molecule has 2 saturated heterocycles. The van der Waals surface area contributed by atoms with Crippen molar-refractivity contribution in [3.63, 3.8) is 0 Å². The Hall–Kier alpha value is -1.00. The van der Waals surface area contributed by atoms with E-state index in [-0.39, 0.29) is 0 Å². The second kappa shape index (κ2) is 5.55. The lowest BCUT2D eigenvalue weighted by Crippen LogP contribution is -2.39. The maximum atomic E-state index is 13.1. The molecule has 0 bridgehead atoms. The van der Waals surface area contributed by atoms with Crippen molar-refractivity contribution in [2.24, 2.45) is 0 Å². The van der Waals surface area contributed by atoms with Gasteiger partial charge in [0.1, 0.15) is 11.6 Å². The van der Waals surface area contributed by atoms with Crippen molar-refractivity contribution in [3.8, 4) is 0 Å². The lowest BCUT2D eigenvalue weighted by atomic mass is 10.1. The normalized spacial score (nSPS) is 26.8. The first kappa shape index (κ1) is 13.0.